The van der Waals surface area contributed by atoms with Crippen LogP contribution in [0.25, 0.3) is 10.8 Å². The van der Waals surface area contributed by atoms with Crippen LogP contribution in [0.5, 0.6) is 0 Å². The summed E-state index contributed by atoms with van der Waals surface area (Å²) in [6.07, 6.45) is 0.990. The second-order valence-electron chi connectivity index (χ2n) is 6.11. The molecule has 1 unspecified atom stereocenters. The van der Waals surface area contributed by atoms with Gasteiger partial charge >= 0.3 is 0 Å². The Kier molecular flexibility index (Phi) is 4.92. The summed E-state index contributed by atoms with van der Waals surface area (Å²) in [6.45, 7) is 2.71. The Morgan fingerprint density at radius 2 is 2.09 bits per heavy atom. The van der Waals surface area contributed by atoms with Crippen molar-refractivity contribution in [3.05, 3.63) is 47.0 Å². The van der Waals surface area contributed by atoms with Crippen molar-refractivity contribution in [2.75, 3.05) is 31.7 Å². The van der Waals surface area contributed by atoms with Crippen LogP contribution in [0.4, 0.5) is 0 Å². The van der Waals surface area contributed by atoms with Gasteiger partial charge in [0.1, 0.15) is 9.84 Å². The van der Waals surface area contributed by atoms with Gasteiger partial charge in [0.2, 0.25) is 0 Å². The topological polar surface area (TPSA) is 46.6 Å². The molecule has 23 heavy (non-hydrogen) atoms. The lowest BCUT2D eigenvalue weighted by molar-refractivity contribution is -0.0192. The number of sulfone groups is 1. The molecule has 6 heteroatoms. The molecule has 2 aromatic carbocycles. The van der Waals surface area contributed by atoms with Crippen LogP contribution in [0.1, 0.15) is 5.56 Å². The maximum atomic E-state index is 11.5. The maximum absolute atomic E-state index is 11.5. The average molecular weight is 354 g/mol. The predicted octanol–water partition coefficient (Wildman–Crippen LogP) is 2.74. The zero-order valence-corrected chi connectivity index (χ0v) is 14.6. The molecular weight excluding hydrogens is 334 g/mol. The third-order valence-electron chi connectivity index (χ3n) is 4.02. The summed E-state index contributed by atoms with van der Waals surface area (Å²) in [4.78, 5) is 2.23. The summed E-state index contributed by atoms with van der Waals surface area (Å²) >= 11 is 6.23. The minimum atomic E-state index is -3.03. The van der Waals surface area contributed by atoms with E-state index in [1.807, 2.05) is 24.3 Å². The van der Waals surface area contributed by atoms with Crippen LogP contribution in [-0.4, -0.2) is 51.1 Å². The van der Waals surface area contributed by atoms with Crippen LogP contribution in [0, 0.1) is 0 Å². The van der Waals surface area contributed by atoms with Gasteiger partial charge in [0, 0.05) is 30.9 Å². The van der Waals surface area contributed by atoms with Crippen molar-refractivity contribution >= 4 is 32.2 Å². The fraction of sp³-hybridized carbons (Fsp3) is 0.412. The molecule has 0 saturated carbocycles. The summed E-state index contributed by atoms with van der Waals surface area (Å²) in [5.74, 6) is 0.0692. The maximum Gasteiger partial charge on any atom is 0.150 e. The lowest BCUT2D eigenvalue weighted by Crippen LogP contribution is -2.44. The van der Waals surface area contributed by atoms with E-state index in [9.17, 15) is 8.42 Å². The second kappa shape index (κ2) is 6.77. The quantitative estimate of drug-likeness (QED) is 0.848. The van der Waals surface area contributed by atoms with Crippen molar-refractivity contribution < 1.29 is 13.2 Å². The molecule has 0 aromatic heterocycles. The molecule has 4 nitrogen and oxygen atoms in total. The van der Waals surface area contributed by atoms with Crippen molar-refractivity contribution in [2.45, 2.75) is 12.6 Å². The number of halogens is 1. The van der Waals surface area contributed by atoms with E-state index in [4.69, 9.17) is 16.3 Å². The van der Waals surface area contributed by atoms with Crippen LogP contribution in [0.2, 0.25) is 5.02 Å². The first-order valence-corrected chi connectivity index (χ1v) is 10.0. The molecule has 0 radical (unpaired) electrons. The number of nitrogens with zero attached hydrogens (tertiary/aromatic N) is 1. The van der Waals surface area contributed by atoms with E-state index in [0.717, 1.165) is 29.1 Å². The molecule has 1 aliphatic rings. The molecule has 0 bridgehead atoms. The third kappa shape index (κ3) is 4.44. The SMILES string of the molecule is CS(=O)(=O)CC1CN(Cc2cc(Cl)cc3ccccc23)CCO1. The van der Waals surface area contributed by atoms with Gasteiger partial charge < -0.3 is 4.74 Å². The lowest BCUT2D eigenvalue weighted by atomic mass is 10.0. The van der Waals surface area contributed by atoms with Gasteiger partial charge in [-0.25, -0.2) is 8.42 Å². The minimum Gasteiger partial charge on any atom is -0.374 e. The van der Waals surface area contributed by atoms with Gasteiger partial charge in [0.05, 0.1) is 18.5 Å². The van der Waals surface area contributed by atoms with E-state index >= 15 is 0 Å². The van der Waals surface area contributed by atoms with Crippen LogP contribution in [-0.2, 0) is 21.1 Å². The lowest BCUT2D eigenvalue weighted by Gasteiger charge is -2.32. The minimum absolute atomic E-state index is 0.0692. The molecule has 2 aromatic rings. The summed E-state index contributed by atoms with van der Waals surface area (Å²) in [6, 6.07) is 12.1. The van der Waals surface area contributed by atoms with Crippen molar-refractivity contribution in [1.29, 1.82) is 0 Å². The fourth-order valence-electron chi connectivity index (χ4n) is 3.08. The van der Waals surface area contributed by atoms with Gasteiger partial charge in [-0.15, -0.1) is 0 Å². The number of benzene rings is 2. The summed E-state index contributed by atoms with van der Waals surface area (Å²) < 4.78 is 28.5. The van der Waals surface area contributed by atoms with Crippen LogP contribution in [0.3, 0.4) is 0 Å². The Bertz CT molecular complexity index is 807. The van der Waals surface area contributed by atoms with Crippen LogP contribution in [0.15, 0.2) is 36.4 Å². The van der Waals surface area contributed by atoms with E-state index in [-0.39, 0.29) is 11.9 Å². The molecule has 0 spiro atoms. The second-order valence-corrected chi connectivity index (χ2v) is 8.73. The summed E-state index contributed by atoms with van der Waals surface area (Å²) in [5, 5.41) is 3.03. The number of rotatable bonds is 4. The standard InChI is InChI=1S/C17H20ClNO3S/c1-23(20,21)12-16-11-19(6-7-22-16)10-14-9-15(18)8-13-4-2-3-5-17(13)14/h2-5,8-9,16H,6-7,10-12H2,1H3. The fourth-order valence-corrected chi connectivity index (χ4v) is 4.21. The highest BCUT2D eigenvalue weighted by molar-refractivity contribution is 7.90. The highest BCUT2D eigenvalue weighted by atomic mass is 35.5. The van der Waals surface area contributed by atoms with Gasteiger partial charge in [-0.3, -0.25) is 4.90 Å². The number of fused-ring (bicyclic) bond motifs is 1. The van der Waals surface area contributed by atoms with Gasteiger partial charge in [0.15, 0.2) is 0 Å². The monoisotopic (exact) mass is 353 g/mol. The Morgan fingerprint density at radius 1 is 1.30 bits per heavy atom. The van der Waals surface area contributed by atoms with E-state index in [0.29, 0.717) is 13.2 Å². The van der Waals surface area contributed by atoms with E-state index in [1.165, 1.54) is 11.6 Å². The molecule has 0 aliphatic carbocycles. The molecular formula is C17H20ClNO3S. The third-order valence-corrected chi connectivity index (χ3v) is 5.21. The van der Waals surface area contributed by atoms with Crippen LogP contribution < -0.4 is 0 Å². The van der Waals surface area contributed by atoms with E-state index in [1.54, 1.807) is 0 Å². The normalized spacial score (nSPS) is 20.0. The number of hydrogen-bond acceptors (Lipinski definition) is 4. The molecule has 1 atom stereocenters. The van der Waals surface area contributed by atoms with Gasteiger partial charge in [-0.05, 0) is 28.5 Å². The van der Waals surface area contributed by atoms with Gasteiger partial charge in [-0.2, -0.15) is 0 Å². The average Bonchev–Trinajstić information content (AvgIpc) is 2.45. The van der Waals surface area contributed by atoms with Crippen molar-refractivity contribution in [3.8, 4) is 0 Å². The first-order valence-electron chi connectivity index (χ1n) is 7.59. The van der Waals surface area contributed by atoms with Crippen LogP contribution >= 0.6 is 11.6 Å². The Labute approximate surface area is 141 Å². The number of ether oxygens (including phenoxy) is 1. The summed E-state index contributed by atoms with van der Waals surface area (Å²) in [5.41, 5.74) is 1.16. The highest BCUT2D eigenvalue weighted by Crippen LogP contribution is 2.25. The molecule has 1 saturated heterocycles. The van der Waals surface area contributed by atoms with Crippen molar-refractivity contribution in [3.63, 3.8) is 0 Å². The zero-order chi connectivity index (χ0) is 16.4. The molecule has 0 N–H and O–H groups in total. The smallest absolute Gasteiger partial charge is 0.150 e. The Hall–Kier alpha value is -1.14. The van der Waals surface area contributed by atoms with E-state index < -0.39 is 9.84 Å². The zero-order valence-electron chi connectivity index (χ0n) is 13.0. The largest absolute Gasteiger partial charge is 0.374 e. The Balaban J connectivity index is 1.79. The highest BCUT2D eigenvalue weighted by Gasteiger charge is 2.24. The van der Waals surface area contributed by atoms with E-state index in [2.05, 4.69) is 17.0 Å². The molecule has 1 aliphatic heterocycles. The Morgan fingerprint density at radius 3 is 2.87 bits per heavy atom. The predicted molar refractivity (Wildman–Crippen MR) is 93.7 cm³/mol. The number of morpholine rings is 1. The molecule has 0 amide bonds. The molecule has 3 rings (SSSR count). The molecule has 124 valence electrons. The summed E-state index contributed by atoms with van der Waals surface area (Å²) in [7, 11) is -3.03. The van der Waals surface area contributed by atoms with Gasteiger partial charge in [-0.1, -0.05) is 35.9 Å². The van der Waals surface area contributed by atoms with Crippen molar-refractivity contribution in [2.24, 2.45) is 0 Å². The molecule has 1 heterocycles. The first-order chi connectivity index (χ1) is 10.9. The molecule has 1 fully saturated rings. The van der Waals surface area contributed by atoms with Gasteiger partial charge in [0.25, 0.3) is 0 Å². The number of hydrogen-bond donors (Lipinski definition) is 0. The first kappa shape index (κ1) is 16.7. The van der Waals surface area contributed by atoms with Crippen molar-refractivity contribution in [1.82, 2.24) is 4.90 Å².